The lowest BCUT2D eigenvalue weighted by Gasteiger charge is -2.24. The topological polar surface area (TPSA) is 104 Å². The second-order valence-electron chi connectivity index (χ2n) is 9.41. The SMILES string of the molecule is CN/C=C(\C=N)c1cccc(S(=O)(=O)n2cc(CN(C)C(=O)OC(C)(C)C)cc2-c2ccccc2F)c1. The summed E-state index contributed by atoms with van der Waals surface area (Å²) in [6.45, 7) is 5.30. The Hall–Kier alpha value is -3.92. The molecule has 2 N–H and O–H groups in total. The Bertz CT molecular complexity index is 1440. The number of hydrogen-bond donors (Lipinski definition) is 2. The number of carbonyl (C=O) groups excluding carboxylic acids is 1. The van der Waals surface area contributed by atoms with Gasteiger partial charge in [-0.3, -0.25) is 0 Å². The summed E-state index contributed by atoms with van der Waals surface area (Å²) in [5.41, 5.74) is 1.01. The van der Waals surface area contributed by atoms with Gasteiger partial charge >= 0.3 is 6.09 Å². The van der Waals surface area contributed by atoms with Gasteiger partial charge in [0.2, 0.25) is 0 Å². The Balaban J connectivity index is 2.11. The van der Waals surface area contributed by atoms with Gasteiger partial charge in [-0.25, -0.2) is 21.6 Å². The van der Waals surface area contributed by atoms with Gasteiger partial charge in [-0.15, -0.1) is 0 Å². The van der Waals surface area contributed by atoms with Crippen LogP contribution in [0.1, 0.15) is 31.9 Å². The van der Waals surface area contributed by atoms with Crippen LogP contribution in [0.15, 0.2) is 71.9 Å². The average Bonchev–Trinajstić information content (AvgIpc) is 3.26. The summed E-state index contributed by atoms with van der Waals surface area (Å²) in [5.74, 6) is -0.583. The van der Waals surface area contributed by atoms with Gasteiger partial charge in [-0.05, 0) is 62.2 Å². The second kappa shape index (κ2) is 11.0. The van der Waals surface area contributed by atoms with Crippen LogP contribution in [0.4, 0.5) is 9.18 Å². The molecule has 0 aliphatic heterocycles. The first-order chi connectivity index (χ1) is 17.4. The molecule has 0 unspecified atom stereocenters. The smallest absolute Gasteiger partial charge is 0.410 e. The molecule has 0 saturated heterocycles. The molecule has 0 aliphatic carbocycles. The number of rotatable bonds is 8. The molecular formula is C27H31FN4O4S. The molecule has 3 rings (SSSR count). The number of aromatic nitrogens is 1. The van der Waals surface area contributed by atoms with Crippen molar-refractivity contribution in [2.75, 3.05) is 14.1 Å². The Kier molecular flexibility index (Phi) is 8.22. The van der Waals surface area contributed by atoms with Gasteiger partial charge in [0.25, 0.3) is 10.0 Å². The van der Waals surface area contributed by atoms with Gasteiger partial charge in [0.05, 0.1) is 17.1 Å². The largest absolute Gasteiger partial charge is 0.444 e. The number of carbonyl (C=O) groups is 1. The summed E-state index contributed by atoms with van der Waals surface area (Å²) in [6.07, 6.45) is 3.52. The van der Waals surface area contributed by atoms with Crippen molar-refractivity contribution in [2.45, 2.75) is 37.8 Å². The van der Waals surface area contributed by atoms with Gasteiger partial charge in [0, 0.05) is 43.8 Å². The highest BCUT2D eigenvalue weighted by Gasteiger charge is 2.25. The maximum absolute atomic E-state index is 14.8. The Labute approximate surface area is 216 Å². The third-order valence-electron chi connectivity index (χ3n) is 5.30. The van der Waals surface area contributed by atoms with E-state index in [1.807, 2.05) is 0 Å². The third kappa shape index (κ3) is 6.45. The van der Waals surface area contributed by atoms with Crippen LogP contribution in [0.3, 0.4) is 0 Å². The van der Waals surface area contributed by atoms with E-state index in [1.165, 1.54) is 41.4 Å². The molecule has 1 amide bonds. The minimum Gasteiger partial charge on any atom is -0.444 e. The Morgan fingerprint density at radius 2 is 1.86 bits per heavy atom. The fourth-order valence-electron chi connectivity index (χ4n) is 3.64. The van der Waals surface area contributed by atoms with Crippen molar-refractivity contribution in [3.63, 3.8) is 0 Å². The molecule has 196 valence electrons. The van der Waals surface area contributed by atoms with Crippen molar-refractivity contribution in [1.29, 1.82) is 5.41 Å². The summed E-state index contributed by atoms with van der Waals surface area (Å²) >= 11 is 0. The number of ether oxygens (including phenoxy) is 1. The molecular weight excluding hydrogens is 495 g/mol. The maximum atomic E-state index is 14.8. The van der Waals surface area contributed by atoms with E-state index in [0.29, 0.717) is 16.7 Å². The van der Waals surface area contributed by atoms with Gasteiger partial charge in [0.1, 0.15) is 11.4 Å². The van der Waals surface area contributed by atoms with Crippen LogP contribution >= 0.6 is 0 Å². The second-order valence-corrected chi connectivity index (χ2v) is 11.2. The predicted molar refractivity (Wildman–Crippen MR) is 142 cm³/mol. The molecule has 0 spiro atoms. The highest BCUT2D eigenvalue weighted by atomic mass is 32.2. The van der Waals surface area contributed by atoms with Crippen molar-refractivity contribution in [3.05, 3.63) is 83.9 Å². The van der Waals surface area contributed by atoms with Crippen molar-refractivity contribution in [1.82, 2.24) is 14.2 Å². The zero-order chi connectivity index (χ0) is 27.4. The lowest BCUT2D eigenvalue weighted by atomic mass is 10.1. The summed E-state index contributed by atoms with van der Waals surface area (Å²) in [7, 11) is -0.963. The molecule has 10 heteroatoms. The van der Waals surface area contributed by atoms with Crippen molar-refractivity contribution in [2.24, 2.45) is 0 Å². The van der Waals surface area contributed by atoms with E-state index in [4.69, 9.17) is 10.1 Å². The van der Waals surface area contributed by atoms with Gasteiger partial charge in [-0.2, -0.15) is 0 Å². The van der Waals surface area contributed by atoms with Crippen LogP contribution < -0.4 is 5.32 Å². The van der Waals surface area contributed by atoms with E-state index < -0.39 is 27.5 Å². The number of hydrogen-bond acceptors (Lipinski definition) is 6. The quantitative estimate of drug-likeness (QED) is 0.397. The molecule has 0 radical (unpaired) electrons. The molecule has 8 nitrogen and oxygen atoms in total. The molecule has 1 heterocycles. The van der Waals surface area contributed by atoms with E-state index in [0.717, 1.165) is 10.2 Å². The number of halogens is 1. The van der Waals surface area contributed by atoms with E-state index >= 15 is 0 Å². The van der Waals surface area contributed by atoms with E-state index in [1.54, 1.807) is 65.3 Å². The number of nitrogens with one attached hydrogen (secondary N) is 2. The molecule has 37 heavy (non-hydrogen) atoms. The molecule has 0 fully saturated rings. The van der Waals surface area contributed by atoms with Crippen molar-refractivity contribution >= 4 is 27.9 Å². The fraction of sp³-hybridized carbons (Fsp3) is 0.259. The first-order valence-electron chi connectivity index (χ1n) is 11.5. The zero-order valence-electron chi connectivity index (χ0n) is 21.4. The average molecular weight is 527 g/mol. The summed E-state index contributed by atoms with van der Waals surface area (Å²) in [6, 6.07) is 13.6. The van der Waals surface area contributed by atoms with Crippen LogP contribution in [-0.2, 0) is 21.3 Å². The monoisotopic (exact) mass is 526 g/mol. The predicted octanol–water partition coefficient (Wildman–Crippen LogP) is 5.11. The normalized spacial score (nSPS) is 12.2. The number of nitrogens with zero attached hydrogens (tertiary/aromatic N) is 2. The number of benzene rings is 2. The molecule has 1 aromatic heterocycles. The van der Waals surface area contributed by atoms with Crippen molar-refractivity contribution in [3.8, 4) is 11.3 Å². The minimum absolute atomic E-state index is 0.0333. The molecule has 2 aromatic carbocycles. The summed E-state index contributed by atoms with van der Waals surface area (Å²) < 4.78 is 48.9. The zero-order valence-corrected chi connectivity index (χ0v) is 22.3. The highest BCUT2D eigenvalue weighted by molar-refractivity contribution is 7.90. The first-order valence-corrected chi connectivity index (χ1v) is 13.0. The maximum Gasteiger partial charge on any atom is 0.410 e. The van der Waals surface area contributed by atoms with E-state index in [2.05, 4.69) is 5.32 Å². The fourth-order valence-corrected chi connectivity index (χ4v) is 5.08. The lowest BCUT2D eigenvalue weighted by Crippen LogP contribution is -2.33. The summed E-state index contributed by atoms with van der Waals surface area (Å²) in [5, 5.41) is 10.5. The van der Waals surface area contributed by atoms with Gasteiger partial charge < -0.3 is 20.4 Å². The van der Waals surface area contributed by atoms with Crippen molar-refractivity contribution < 1.29 is 22.3 Å². The number of allylic oxidation sites excluding steroid dienone is 1. The van der Waals surface area contributed by atoms with Crippen LogP contribution in [0.2, 0.25) is 0 Å². The highest BCUT2D eigenvalue weighted by Crippen LogP contribution is 2.30. The van der Waals surface area contributed by atoms with E-state index in [-0.39, 0.29) is 22.7 Å². The standard InChI is InChI=1S/C27H31FN4O4S/c1-27(2,3)36-26(33)31(5)17-19-13-25(23-11-6-7-12-24(23)28)32(18-19)37(34,35)22-10-8-9-20(14-22)21(15-29)16-30-4/h6-16,18,29-30H,17H2,1-5H3/b21-16+,29-15?. The van der Waals surface area contributed by atoms with Crippen LogP contribution in [-0.4, -0.2) is 49.3 Å². The molecule has 3 aromatic rings. The third-order valence-corrected chi connectivity index (χ3v) is 6.97. The molecule has 0 saturated carbocycles. The first kappa shape index (κ1) is 27.7. The van der Waals surface area contributed by atoms with Crippen LogP contribution in [0, 0.1) is 11.2 Å². The minimum atomic E-state index is -4.19. The summed E-state index contributed by atoms with van der Waals surface area (Å²) in [4.78, 5) is 13.8. The van der Waals surface area contributed by atoms with Gasteiger partial charge in [-0.1, -0.05) is 24.3 Å². The van der Waals surface area contributed by atoms with Gasteiger partial charge in [0.15, 0.2) is 0 Å². The molecule has 0 bridgehead atoms. The van der Waals surface area contributed by atoms with Crippen LogP contribution in [0.5, 0.6) is 0 Å². The molecule has 0 aliphatic rings. The lowest BCUT2D eigenvalue weighted by molar-refractivity contribution is 0.0285. The Morgan fingerprint density at radius 1 is 1.16 bits per heavy atom. The van der Waals surface area contributed by atoms with E-state index in [9.17, 15) is 17.6 Å². The molecule has 0 atom stereocenters. The Morgan fingerprint density at radius 3 is 2.49 bits per heavy atom. The van der Waals surface area contributed by atoms with Crippen LogP contribution in [0.25, 0.3) is 16.8 Å². The number of amides is 1.